The third-order valence-electron chi connectivity index (χ3n) is 2.78. The van der Waals surface area contributed by atoms with Crippen molar-refractivity contribution in [3.05, 3.63) is 32.7 Å². The van der Waals surface area contributed by atoms with E-state index in [0.29, 0.717) is 0 Å². The lowest BCUT2D eigenvalue weighted by Crippen LogP contribution is -2.26. The van der Waals surface area contributed by atoms with Crippen LogP contribution >= 0.6 is 27.3 Å². The maximum atomic E-state index is 4.07. The number of rotatable bonds is 6. The van der Waals surface area contributed by atoms with Crippen LogP contribution in [-0.2, 0) is 13.5 Å². The van der Waals surface area contributed by atoms with Gasteiger partial charge in [-0.05, 0) is 40.3 Å². The number of aryl methyl sites for hydroxylation is 1. The molecule has 0 saturated carbocycles. The SMILES string of the molecule is CCCNC(Cc1cccs1)c1c(Br)nnn1C. The van der Waals surface area contributed by atoms with Gasteiger partial charge in [-0.15, -0.1) is 16.4 Å². The van der Waals surface area contributed by atoms with Gasteiger partial charge in [0.2, 0.25) is 0 Å². The first-order valence-electron chi connectivity index (χ1n) is 6.03. The molecule has 4 nitrogen and oxygen atoms in total. The van der Waals surface area contributed by atoms with Crippen LogP contribution in [0.5, 0.6) is 0 Å². The van der Waals surface area contributed by atoms with E-state index in [-0.39, 0.29) is 6.04 Å². The summed E-state index contributed by atoms with van der Waals surface area (Å²) in [5, 5.41) is 13.8. The molecule has 1 unspecified atom stereocenters. The van der Waals surface area contributed by atoms with Crippen molar-refractivity contribution in [2.75, 3.05) is 6.54 Å². The summed E-state index contributed by atoms with van der Waals surface area (Å²) in [4.78, 5) is 1.37. The first kappa shape index (κ1) is 13.7. The number of thiophene rings is 1. The summed E-state index contributed by atoms with van der Waals surface area (Å²) in [7, 11) is 1.93. The number of halogens is 1. The molecule has 2 aromatic heterocycles. The molecule has 6 heteroatoms. The van der Waals surface area contributed by atoms with Crippen molar-refractivity contribution >= 4 is 27.3 Å². The lowest BCUT2D eigenvalue weighted by molar-refractivity contribution is 0.493. The van der Waals surface area contributed by atoms with Gasteiger partial charge in [-0.25, -0.2) is 4.68 Å². The van der Waals surface area contributed by atoms with E-state index in [1.807, 2.05) is 11.7 Å². The average molecular weight is 329 g/mol. The molecule has 1 N–H and O–H groups in total. The van der Waals surface area contributed by atoms with E-state index >= 15 is 0 Å². The predicted molar refractivity (Wildman–Crippen MR) is 77.8 cm³/mol. The van der Waals surface area contributed by atoms with Gasteiger partial charge in [0.15, 0.2) is 4.60 Å². The first-order chi connectivity index (χ1) is 8.72. The van der Waals surface area contributed by atoms with Crippen molar-refractivity contribution in [3.8, 4) is 0 Å². The van der Waals surface area contributed by atoms with E-state index < -0.39 is 0 Å². The van der Waals surface area contributed by atoms with E-state index in [9.17, 15) is 0 Å². The maximum absolute atomic E-state index is 4.07. The van der Waals surface area contributed by atoms with E-state index in [0.717, 1.165) is 29.7 Å². The van der Waals surface area contributed by atoms with Gasteiger partial charge in [0.25, 0.3) is 0 Å². The number of nitrogens with zero attached hydrogens (tertiary/aromatic N) is 3. The van der Waals surface area contributed by atoms with Gasteiger partial charge in [-0.2, -0.15) is 0 Å². The highest BCUT2D eigenvalue weighted by Gasteiger charge is 2.20. The molecule has 2 aromatic rings. The topological polar surface area (TPSA) is 42.7 Å². The monoisotopic (exact) mass is 328 g/mol. The van der Waals surface area contributed by atoms with Crippen LogP contribution < -0.4 is 5.32 Å². The highest BCUT2D eigenvalue weighted by Crippen LogP contribution is 2.25. The van der Waals surface area contributed by atoms with Crippen LogP contribution in [0, 0.1) is 0 Å². The fourth-order valence-electron chi connectivity index (χ4n) is 1.92. The quantitative estimate of drug-likeness (QED) is 0.886. The molecule has 0 aromatic carbocycles. The Hall–Kier alpha value is -0.720. The van der Waals surface area contributed by atoms with Gasteiger partial charge in [-0.3, -0.25) is 0 Å². The minimum absolute atomic E-state index is 0.248. The van der Waals surface area contributed by atoms with Gasteiger partial charge < -0.3 is 5.32 Å². The van der Waals surface area contributed by atoms with Crippen LogP contribution in [0.4, 0.5) is 0 Å². The largest absolute Gasteiger partial charge is 0.308 e. The van der Waals surface area contributed by atoms with Crippen molar-refractivity contribution < 1.29 is 0 Å². The Kier molecular flexibility index (Phi) is 4.91. The van der Waals surface area contributed by atoms with Crippen LogP contribution in [-0.4, -0.2) is 21.5 Å². The van der Waals surface area contributed by atoms with Crippen molar-refractivity contribution in [1.29, 1.82) is 0 Å². The third-order valence-corrected chi connectivity index (χ3v) is 4.25. The van der Waals surface area contributed by atoms with Gasteiger partial charge in [0, 0.05) is 18.3 Å². The molecule has 0 fully saturated rings. The van der Waals surface area contributed by atoms with Crippen LogP contribution in [0.2, 0.25) is 0 Å². The lowest BCUT2D eigenvalue weighted by atomic mass is 10.1. The summed E-state index contributed by atoms with van der Waals surface area (Å²) >= 11 is 5.27. The second-order valence-electron chi connectivity index (χ2n) is 4.18. The molecule has 0 spiro atoms. The summed E-state index contributed by atoms with van der Waals surface area (Å²) < 4.78 is 2.67. The normalized spacial score (nSPS) is 12.8. The van der Waals surface area contributed by atoms with Crippen molar-refractivity contribution in [2.24, 2.45) is 7.05 Å². The molecule has 0 saturated heterocycles. The summed E-state index contributed by atoms with van der Waals surface area (Å²) in [6.07, 6.45) is 2.08. The maximum Gasteiger partial charge on any atom is 0.153 e. The van der Waals surface area contributed by atoms with E-state index in [1.54, 1.807) is 11.3 Å². The molecule has 0 aliphatic carbocycles. The van der Waals surface area contributed by atoms with Gasteiger partial charge >= 0.3 is 0 Å². The summed E-state index contributed by atoms with van der Waals surface area (Å²) in [6, 6.07) is 4.51. The molecule has 98 valence electrons. The molecule has 0 aliphatic rings. The van der Waals surface area contributed by atoms with Crippen molar-refractivity contribution in [2.45, 2.75) is 25.8 Å². The molecule has 0 bridgehead atoms. The minimum Gasteiger partial charge on any atom is -0.308 e. The average Bonchev–Trinajstić information content (AvgIpc) is 2.96. The molecular weight excluding hydrogens is 312 g/mol. The Bertz CT molecular complexity index is 461. The summed E-state index contributed by atoms with van der Waals surface area (Å²) in [5.74, 6) is 0. The van der Waals surface area contributed by atoms with Crippen LogP contribution in [0.25, 0.3) is 0 Å². The zero-order valence-corrected chi connectivity index (χ0v) is 13.0. The van der Waals surface area contributed by atoms with Gasteiger partial charge in [-0.1, -0.05) is 18.2 Å². The molecule has 0 aliphatic heterocycles. The molecule has 0 radical (unpaired) electrons. The molecule has 2 heterocycles. The molecule has 18 heavy (non-hydrogen) atoms. The van der Waals surface area contributed by atoms with E-state index in [2.05, 4.69) is 56.0 Å². The number of aromatic nitrogens is 3. The van der Waals surface area contributed by atoms with Crippen LogP contribution in [0.1, 0.15) is 30.0 Å². The Balaban J connectivity index is 2.19. The first-order valence-corrected chi connectivity index (χ1v) is 7.70. The van der Waals surface area contributed by atoms with E-state index in [4.69, 9.17) is 0 Å². The van der Waals surface area contributed by atoms with Gasteiger partial charge in [0.1, 0.15) is 0 Å². The Morgan fingerprint density at radius 1 is 1.56 bits per heavy atom. The predicted octanol–water partition coefficient (Wildman–Crippen LogP) is 2.92. The fourth-order valence-corrected chi connectivity index (χ4v) is 3.28. The molecular formula is C12H17BrN4S. The fraction of sp³-hybridized carbons (Fsp3) is 0.500. The smallest absolute Gasteiger partial charge is 0.153 e. The summed E-state index contributed by atoms with van der Waals surface area (Å²) in [6.45, 7) is 3.17. The Morgan fingerprint density at radius 2 is 2.39 bits per heavy atom. The second kappa shape index (κ2) is 6.45. The third kappa shape index (κ3) is 3.18. The molecule has 0 amide bonds. The number of nitrogens with one attached hydrogen (secondary N) is 1. The number of hydrogen-bond acceptors (Lipinski definition) is 4. The van der Waals surface area contributed by atoms with Crippen molar-refractivity contribution in [1.82, 2.24) is 20.3 Å². The minimum atomic E-state index is 0.248. The van der Waals surface area contributed by atoms with E-state index in [1.165, 1.54) is 4.88 Å². The van der Waals surface area contributed by atoms with Crippen molar-refractivity contribution in [3.63, 3.8) is 0 Å². The Morgan fingerprint density at radius 3 is 2.94 bits per heavy atom. The molecule has 1 atom stereocenters. The van der Waals surface area contributed by atoms with Crippen LogP contribution in [0.3, 0.4) is 0 Å². The molecule has 2 rings (SSSR count). The number of hydrogen-bond donors (Lipinski definition) is 1. The Labute approximate surface area is 120 Å². The summed E-state index contributed by atoms with van der Waals surface area (Å²) in [5.41, 5.74) is 1.11. The highest BCUT2D eigenvalue weighted by molar-refractivity contribution is 9.10. The zero-order chi connectivity index (χ0) is 13.0. The van der Waals surface area contributed by atoms with Gasteiger partial charge in [0.05, 0.1) is 11.7 Å². The lowest BCUT2D eigenvalue weighted by Gasteiger charge is -2.18. The zero-order valence-electron chi connectivity index (χ0n) is 10.6. The highest BCUT2D eigenvalue weighted by atomic mass is 79.9. The van der Waals surface area contributed by atoms with Crippen LogP contribution in [0.15, 0.2) is 22.1 Å². The second-order valence-corrected chi connectivity index (χ2v) is 5.96. The standard InChI is InChI=1S/C12H17BrN4S/c1-3-6-14-10(8-9-5-4-7-18-9)11-12(13)15-16-17(11)2/h4-5,7,10,14H,3,6,8H2,1-2H3.